The molecule has 1 aliphatic heterocycles. The van der Waals surface area contributed by atoms with Gasteiger partial charge in [0.1, 0.15) is 0 Å². The van der Waals surface area contributed by atoms with E-state index in [9.17, 15) is 14.7 Å². The van der Waals surface area contributed by atoms with Crippen LogP contribution in [0.2, 0.25) is 0 Å². The normalized spacial score (nSPS) is 20.3. The number of aliphatic carboxylic acids is 1. The van der Waals surface area contributed by atoms with Crippen LogP contribution in [0, 0.1) is 5.41 Å². The highest BCUT2D eigenvalue weighted by atomic mass is 16.5. The summed E-state index contributed by atoms with van der Waals surface area (Å²) < 4.78 is 5.53. The van der Waals surface area contributed by atoms with Crippen molar-refractivity contribution in [3.05, 3.63) is 0 Å². The predicted molar refractivity (Wildman–Crippen MR) is 75.6 cm³/mol. The van der Waals surface area contributed by atoms with Crippen molar-refractivity contribution in [1.82, 2.24) is 10.6 Å². The second-order valence-corrected chi connectivity index (χ2v) is 6.38. The molecule has 0 saturated carbocycles. The summed E-state index contributed by atoms with van der Waals surface area (Å²) in [6.07, 6.45) is 3.20. The van der Waals surface area contributed by atoms with Crippen LogP contribution in [0.1, 0.15) is 47.0 Å². The Balaban J connectivity index is 2.46. The number of amides is 2. The van der Waals surface area contributed by atoms with Gasteiger partial charge < -0.3 is 20.5 Å². The Kier molecular flexibility index (Phi) is 5.39. The lowest BCUT2D eigenvalue weighted by Crippen LogP contribution is -2.59. The molecule has 0 aromatic rings. The molecule has 2 amide bonds. The first-order chi connectivity index (χ1) is 9.17. The first-order valence-corrected chi connectivity index (χ1v) is 7.08. The van der Waals surface area contributed by atoms with E-state index in [1.807, 2.05) is 0 Å². The number of hydrogen-bond acceptors (Lipinski definition) is 3. The molecule has 1 heterocycles. The van der Waals surface area contributed by atoms with E-state index in [1.54, 1.807) is 27.7 Å². The third kappa shape index (κ3) is 4.10. The standard InChI is InChI=1S/C14H26N2O4/c1-13(2,11(17)18)14(3,4)16-12(19)15-9-10-7-5-6-8-20-10/h10H,5-9H2,1-4H3,(H,17,18)(H2,15,16,19). The third-order valence-corrected chi connectivity index (χ3v) is 4.29. The van der Waals surface area contributed by atoms with Crippen molar-refractivity contribution in [2.24, 2.45) is 5.41 Å². The number of carbonyl (C=O) groups is 2. The Morgan fingerprint density at radius 3 is 2.40 bits per heavy atom. The van der Waals surface area contributed by atoms with Crippen molar-refractivity contribution >= 4 is 12.0 Å². The molecular formula is C14H26N2O4. The van der Waals surface area contributed by atoms with Gasteiger partial charge in [-0.25, -0.2) is 4.79 Å². The molecule has 1 unspecified atom stereocenters. The Hall–Kier alpha value is -1.30. The van der Waals surface area contributed by atoms with Crippen LogP contribution in [0.4, 0.5) is 4.79 Å². The van der Waals surface area contributed by atoms with E-state index in [2.05, 4.69) is 10.6 Å². The van der Waals surface area contributed by atoms with Crippen LogP contribution in [-0.4, -0.2) is 41.9 Å². The monoisotopic (exact) mass is 286 g/mol. The molecule has 0 radical (unpaired) electrons. The van der Waals surface area contributed by atoms with E-state index >= 15 is 0 Å². The molecule has 116 valence electrons. The highest BCUT2D eigenvalue weighted by Crippen LogP contribution is 2.30. The molecule has 0 aromatic heterocycles. The van der Waals surface area contributed by atoms with Gasteiger partial charge in [-0.3, -0.25) is 4.79 Å². The first-order valence-electron chi connectivity index (χ1n) is 7.08. The van der Waals surface area contributed by atoms with Crippen molar-refractivity contribution in [2.75, 3.05) is 13.2 Å². The molecule has 0 aliphatic carbocycles. The van der Waals surface area contributed by atoms with Gasteiger partial charge in [0.05, 0.1) is 17.1 Å². The van der Waals surface area contributed by atoms with E-state index in [1.165, 1.54) is 0 Å². The largest absolute Gasteiger partial charge is 0.481 e. The molecular weight excluding hydrogens is 260 g/mol. The SMILES string of the molecule is CC(C)(NC(=O)NCC1CCCCO1)C(C)(C)C(=O)O. The highest BCUT2D eigenvalue weighted by Gasteiger charge is 2.44. The van der Waals surface area contributed by atoms with Gasteiger partial charge in [-0.1, -0.05) is 0 Å². The fourth-order valence-corrected chi connectivity index (χ4v) is 1.93. The lowest BCUT2D eigenvalue weighted by Gasteiger charge is -2.38. The molecule has 1 aliphatic rings. The molecule has 1 rings (SSSR count). The van der Waals surface area contributed by atoms with Crippen LogP contribution in [-0.2, 0) is 9.53 Å². The average molecular weight is 286 g/mol. The second-order valence-electron chi connectivity index (χ2n) is 6.38. The van der Waals surface area contributed by atoms with Crippen molar-refractivity contribution in [1.29, 1.82) is 0 Å². The maximum Gasteiger partial charge on any atom is 0.315 e. The second kappa shape index (κ2) is 6.43. The fourth-order valence-electron chi connectivity index (χ4n) is 1.93. The zero-order valence-corrected chi connectivity index (χ0v) is 12.8. The number of urea groups is 1. The summed E-state index contributed by atoms with van der Waals surface area (Å²) in [6, 6.07) is -0.363. The minimum atomic E-state index is -1.06. The average Bonchev–Trinajstić information content (AvgIpc) is 2.36. The Morgan fingerprint density at radius 1 is 1.25 bits per heavy atom. The molecule has 6 heteroatoms. The van der Waals surface area contributed by atoms with Crippen LogP contribution in [0.25, 0.3) is 0 Å². The van der Waals surface area contributed by atoms with E-state index < -0.39 is 16.9 Å². The number of carboxylic acids is 1. The third-order valence-electron chi connectivity index (χ3n) is 4.29. The Morgan fingerprint density at radius 2 is 1.90 bits per heavy atom. The van der Waals surface area contributed by atoms with Crippen molar-refractivity contribution in [3.8, 4) is 0 Å². The quantitative estimate of drug-likeness (QED) is 0.718. The topological polar surface area (TPSA) is 87.7 Å². The predicted octanol–water partition coefficient (Wildman–Crippen LogP) is 1.74. The molecule has 1 fully saturated rings. The molecule has 6 nitrogen and oxygen atoms in total. The van der Waals surface area contributed by atoms with Gasteiger partial charge in [-0.15, -0.1) is 0 Å². The number of nitrogens with one attached hydrogen (secondary N) is 2. The summed E-state index contributed by atoms with van der Waals surface area (Å²) in [6.45, 7) is 7.80. The van der Waals surface area contributed by atoms with E-state index in [-0.39, 0.29) is 12.1 Å². The Bertz CT molecular complexity index is 360. The zero-order valence-electron chi connectivity index (χ0n) is 12.8. The lowest BCUT2D eigenvalue weighted by atomic mass is 9.74. The van der Waals surface area contributed by atoms with E-state index in [4.69, 9.17) is 4.74 Å². The number of carbonyl (C=O) groups excluding carboxylic acids is 1. The minimum absolute atomic E-state index is 0.0603. The molecule has 3 N–H and O–H groups in total. The molecule has 0 bridgehead atoms. The Labute approximate surface area is 120 Å². The van der Waals surface area contributed by atoms with Crippen molar-refractivity contribution < 1.29 is 19.4 Å². The maximum atomic E-state index is 11.9. The van der Waals surface area contributed by atoms with Crippen LogP contribution < -0.4 is 10.6 Å². The lowest BCUT2D eigenvalue weighted by molar-refractivity contribution is -0.150. The molecule has 0 aromatic carbocycles. The molecule has 0 spiro atoms. The van der Waals surface area contributed by atoms with E-state index in [0.29, 0.717) is 6.54 Å². The van der Waals surface area contributed by atoms with Crippen LogP contribution in [0.5, 0.6) is 0 Å². The first kappa shape index (κ1) is 16.8. The fraction of sp³-hybridized carbons (Fsp3) is 0.857. The van der Waals surface area contributed by atoms with Crippen molar-refractivity contribution in [2.45, 2.75) is 58.6 Å². The van der Waals surface area contributed by atoms with Gasteiger partial charge in [0.15, 0.2) is 0 Å². The van der Waals surface area contributed by atoms with Gasteiger partial charge in [0.25, 0.3) is 0 Å². The summed E-state index contributed by atoms with van der Waals surface area (Å²) in [5, 5.41) is 14.7. The van der Waals surface area contributed by atoms with Gasteiger partial charge in [-0.2, -0.15) is 0 Å². The van der Waals surface area contributed by atoms with E-state index in [0.717, 1.165) is 25.9 Å². The number of hydrogen-bond donors (Lipinski definition) is 3. The molecule has 1 atom stereocenters. The summed E-state index contributed by atoms with van der Waals surface area (Å²) in [5.41, 5.74) is -1.93. The smallest absolute Gasteiger partial charge is 0.315 e. The zero-order chi connectivity index (χ0) is 15.4. The van der Waals surface area contributed by atoms with Gasteiger partial charge in [0, 0.05) is 13.2 Å². The van der Waals surface area contributed by atoms with Gasteiger partial charge in [0.2, 0.25) is 0 Å². The van der Waals surface area contributed by atoms with Crippen molar-refractivity contribution in [3.63, 3.8) is 0 Å². The van der Waals surface area contributed by atoms with Gasteiger partial charge >= 0.3 is 12.0 Å². The summed E-state index contributed by atoms with van der Waals surface area (Å²) >= 11 is 0. The number of rotatable bonds is 5. The number of carboxylic acid groups (broad SMARTS) is 1. The summed E-state index contributed by atoms with van der Waals surface area (Å²) in [4.78, 5) is 23.2. The highest BCUT2D eigenvalue weighted by molar-refractivity contribution is 5.79. The summed E-state index contributed by atoms with van der Waals surface area (Å²) in [5.74, 6) is -0.946. The molecule has 1 saturated heterocycles. The minimum Gasteiger partial charge on any atom is -0.481 e. The van der Waals surface area contributed by atoms with Crippen LogP contribution >= 0.6 is 0 Å². The van der Waals surface area contributed by atoms with Gasteiger partial charge in [-0.05, 0) is 47.0 Å². The maximum absolute atomic E-state index is 11.9. The molecule has 20 heavy (non-hydrogen) atoms. The van der Waals surface area contributed by atoms with Crippen LogP contribution in [0.3, 0.4) is 0 Å². The summed E-state index contributed by atoms with van der Waals surface area (Å²) in [7, 11) is 0. The van der Waals surface area contributed by atoms with Crippen LogP contribution in [0.15, 0.2) is 0 Å². The number of ether oxygens (including phenoxy) is 1.